The number of phenols is 1. The minimum Gasteiger partial charge on any atom is -0.504 e. The summed E-state index contributed by atoms with van der Waals surface area (Å²) in [6, 6.07) is 14.0. The molecule has 1 amide bonds. The van der Waals surface area contributed by atoms with Crippen LogP contribution >= 0.6 is 34.7 Å². The lowest BCUT2D eigenvalue weighted by Gasteiger charge is -2.24. The topological polar surface area (TPSA) is 126 Å². The number of nitrogens with zero attached hydrogens (tertiary/aromatic N) is 3. The number of furan rings is 1. The maximum Gasteiger partial charge on any atom is 0.296 e. The van der Waals surface area contributed by atoms with Gasteiger partial charge in [-0.3, -0.25) is 14.5 Å². The van der Waals surface area contributed by atoms with Crippen LogP contribution in [0.15, 0.2) is 74.7 Å². The number of benzene rings is 2. The monoisotopic (exact) mass is 583 g/mol. The number of halogens is 1. The summed E-state index contributed by atoms with van der Waals surface area (Å²) in [6.45, 7) is 3.74. The molecule has 0 spiro atoms. The normalized spacial score (nSPS) is 15.3. The van der Waals surface area contributed by atoms with Gasteiger partial charge in [0.2, 0.25) is 10.9 Å². The molecule has 0 fully saturated rings. The molecule has 0 radical (unpaired) electrons. The van der Waals surface area contributed by atoms with Gasteiger partial charge in [0.15, 0.2) is 27.4 Å². The van der Waals surface area contributed by atoms with Gasteiger partial charge in [-0.2, -0.15) is 0 Å². The van der Waals surface area contributed by atoms with Gasteiger partial charge >= 0.3 is 0 Å². The number of rotatable bonds is 9. The molecule has 0 bridgehead atoms. The first-order valence-corrected chi connectivity index (χ1v) is 14.0. The summed E-state index contributed by atoms with van der Waals surface area (Å²) >= 11 is 8.55. The number of carbonyl (C=O) groups excluding carboxylic acids is 2. The van der Waals surface area contributed by atoms with Gasteiger partial charge in [0, 0.05) is 10.8 Å². The highest BCUT2D eigenvalue weighted by molar-refractivity contribution is 8.00. The number of amides is 1. The number of aromatic nitrogens is 2. The van der Waals surface area contributed by atoms with Crippen molar-refractivity contribution in [2.75, 3.05) is 11.5 Å². The van der Waals surface area contributed by atoms with E-state index in [0.717, 1.165) is 16.9 Å². The van der Waals surface area contributed by atoms with E-state index in [1.165, 1.54) is 34.9 Å². The van der Waals surface area contributed by atoms with Crippen molar-refractivity contribution in [3.8, 4) is 11.5 Å². The molecule has 0 saturated carbocycles. The Labute approximate surface area is 236 Å². The minimum atomic E-state index is -1.07. The Morgan fingerprint density at radius 3 is 2.62 bits per heavy atom. The van der Waals surface area contributed by atoms with E-state index in [4.69, 9.17) is 20.8 Å². The van der Waals surface area contributed by atoms with Crippen LogP contribution in [0.3, 0.4) is 0 Å². The minimum absolute atomic E-state index is 0.0195. The first-order valence-electron chi connectivity index (χ1n) is 11.8. The lowest BCUT2D eigenvalue weighted by Crippen LogP contribution is -2.31. The van der Waals surface area contributed by atoms with E-state index < -0.39 is 23.5 Å². The highest BCUT2D eigenvalue weighted by Gasteiger charge is 2.47. The molecule has 12 heteroatoms. The number of aliphatic hydroxyl groups is 1. The quantitative estimate of drug-likeness (QED) is 0.133. The summed E-state index contributed by atoms with van der Waals surface area (Å²) in [6.07, 6.45) is 0. The van der Waals surface area contributed by atoms with Crippen molar-refractivity contribution in [1.82, 2.24) is 10.2 Å². The lowest BCUT2D eigenvalue weighted by molar-refractivity contribution is -0.117. The van der Waals surface area contributed by atoms with Gasteiger partial charge in [0.05, 0.1) is 18.2 Å². The van der Waals surface area contributed by atoms with Crippen molar-refractivity contribution in [2.45, 2.75) is 30.0 Å². The van der Waals surface area contributed by atoms with Crippen molar-refractivity contribution >= 4 is 51.5 Å². The van der Waals surface area contributed by atoms with Gasteiger partial charge in [-0.15, -0.1) is 10.2 Å². The van der Waals surface area contributed by atoms with E-state index in [0.29, 0.717) is 26.4 Å². The van der Waals surface area contributed by atoms with Gasteiger partial charge < -0.3 is 19.4 Å². The number of aryl methyl sites for hydroxylation is 1. The fourth-order valence-electron chi connectivity index (χ4n) is 4.10. The molecule has 5 rings (SSSR count). The Bertz CT molecular complexity index is 1580. The van der Waals surface area contributed by atoms with E-state index in [1.54, 1.807) is 38.1 Å². The molecule has 0 saturated heterocycles. The van der Waals surface area contributed by atoms with E-state index in [-0.39, 0.29) is 34.6 Å². The van der Waals surface area contributed by atoms with Crippen LogP contribution in [0.5, 0.6) is 11.5 Å². The van der Waals surface area contributed by atoms with Gasteiger partial charge in [-0.1, -0.05) is 52.9 Å². The summed E-state index contributed by atoms with van der Waals surface area (Å²) in [4.78, 5) is 28.2. The third kappa shape index (κ3) is 5.38. The molecule has 1 aliphatic heterocycles. The zero-order valence-electron chi connectivity index (χ0n) is 20.8. The molecule has 1 unspecified atom stereocenters. The van der Waals surface area contributed by atoms with Crippen LogP contribution < -0.4 is 9.64 Å². The average molecular weight is 584 g/mol. The van der Waals surface area contributed by atoms with Crippen molar-refractivity contribution in [1.29, 1.82) is 0 Å². The van der Waals surface area contributed by atoms with Crippen LogP contribution in [0, 0.1) is 6.92 Å². The summed E-state index contributed by atoms with van der Waals surface area (Å²) < 4.78 is 11.6. The van der Waals surface area contributed by atoms with Crippen LogP contribution in [0.2, 0.25) is 5.02 Å². The Balaban J connectivity index is 1.52. The average Bonchev–Trinajstić information content (AvgIpc) is 3.63. The standard InChI is InChI=1S/C27H22ClN3O6S2/c1-3-36-20-12-16(7-10-18(20)32)22-21(23(33)19-11-4-14(2)37-19)24(34)25(35)31(22)26-29-30-27(39-26)38-13-15-5-8-17(28)9-6-15/h4-12,22,32,34H,3,13H2,1-2H3. The summed E-state index contributed by atoms with van der Waals surface area (Å²) in [7, 11) is 0. The molecule has 4 aromatic rings. The lowest BCUT2D eigenvalue weighted by atomic mass is 9.95. The zero-order chi connectivity index (χ0) is 27.7. The number of aromatic hydroxyl groups is 1. The number of ketones is 1. The predicted octanol–water partition coefficient (Wildman–Crippen LogP) is 6.27. The molecule has 2 N–H and O–H groups in total. The molecule has 1 atom stereocenters. The number of carbonyl (C=O) groups is 2. The number of hydrogen-bond donors (Lipinski definition) is 2. The summed E-state index contributed by atoms with van der Waals surface area (Å²) in [5, 5.41) is 30.5. The predicted molar refractivity (Wildman–Crippen MR) is 148 cm³/mol. The molecular formula is C27H22ClN3O6S2. The van der Waals surface area contributed by atoms with E-state index in [2.05, 4.69) is 10.2 Å². The second-order valence-corrected chi connectivity index (χ2v) is 11.1. The number of hydrogen-bond acceptors (Lipinski definition) is 10. The van der Waals surface area contributed by atoms with E-state index >= 15 is 0 Å². The van der Waals surface area contributed by atoms with Gasteiger partial charge in [0.25, 0.3) is 5.91 Å². The van der Waals surface area contributed by atoms with E-state index in [1.807, 2.05) is 12.1 Å². The first kappa shape index (κ1) is 26.8. The van der Waals surface area contributed by atoms with Crippen molar-refractivity contribution in [3.63, 3.8) is 0 Å². The smallest absolute Gasteiger partial charge is 0.296 e. The summed E-state index contributed by atoms with van der Waals surface area (Å²) in [5.41, 5.74) is 1.28. The number of Topliss-reactive ketones (excluding diaryl/α,β-unsaturated/α-hetero) is 1. The molecular weight excluding hydrogens is 562 g/mol. The molecule has 3 heterocycles. The number of ether oxygens (including phenoxy) is 1. The van der Waals surface area contributed by atoms with Gasteiger partial charge in [-0.05, 0) is 61.4 Å². The Hall–Kier alpha value is -3.80. The molecule has 39 heavy (non-hydrogen) atoms. The second-order valence-electron chi connectivity index (χ2n) is 8.51. The van der Waals surface area contributed by atoms with Crippen molar-refractivity contribution in [3.05, 3.63) is 93.6 Å². The maximum absolute atomic E-state index is 13.5. The van der Waals surface area contributed by atoms with Crippen LogP contribution in [-0.2, 0) is 10.5 Å². The fourth-order valence-corrected chi connectivity index (χ4v) is 6.04. The highest BCUT2D eigenvalue weighted by atomic mass is 35.5. The SMILES string of the molecule is CCOc1cc(C2C(C(=O)c3ccc(C)o3)=C(O)C(=O)N2c2nnc(SCc3ccc(Cl)cc3)s2)ccc1O. The third-order valence-electron chi connectivity index (χ3n) is 5.89. The van der Waals surface area contributed by atoms with E-state index in [9.17, 15) is 19.8 Å². The number of aliphatic hydroxyl groups excluding tert-OH is 1. The Kier molecular flexibility index (Phi) is 7.65. The number of anilines is 1. The van der Waals surface area contributed by atoms with Crippen LogP contribution in [0.4, 0.5) is 5.13 Å². The molecule has 2 aromatic heterocycles. The fraction of sp³-hybridized carbons (Fsp3) is 0.185. The Morgan fingerprint density at radius 1 is 1.15 bits per heavy atom. The van der Waals surface area contributed by atoms with Crippen molar-refractivity contribution in [2.24, 2.45) is 0 Å². The number of thioether (sulfide) groups is 1. The Morgan fingerprint density at radius 2 is 1.92 bits per heavy atom. The molecule has 2 aromatic carbocycles. The van der Waals surface area contributed by atoms with Crippen LogP contribution in [-0.4, -0.2) is 38.7 Å². The van der Waals surface area contributed by atoms with Gasteiger partial charge in [-0.25, -0.2) is 0 Å². The molecule has 0 aliphatic carbocycles. The molecule has 200 valence electrons. The third-order valence-corrected chi connectivity index (χ3v) is 8.27. The molecule has 1 aliphatic rings. The van der Waals surface area contributed by atoms with Gasteiger partial charge in [0.1, 0.15) is 5.76 Å². The zero-order valence-corrected chi connectivity index (χ0v) is 23.1. The summed E-state index contributed by atoms with van der Waals surface area (Å²) in [5.74, 6) is -1.00. The molecule has 9 nitrogen and oxygen atoms in total. The number of phenolic OH excluding ortho intramolecular Hbond substituents is 1. The van der Waals surface area contributed by atoms with Crippen LogP contribution in [0.25, 0.3) is 0 Å². The van der Waals surface area contributed by atoms with Crippen molar-refractivity contribution < 1.29 is 29.0 Å². The highest BCUT2D eigenvalue weighted by Crippen LogP contribution is 2.45. The first-order chi connectivity index (χ1) is 18.8. The maximum atomic E-state index is 13.5. The second kappa shape index (κ2) is 11.1. The van der Waals surface area contributed by atoms with Crippen LogP contribution in [0.1, 0.15) is 40.4 Å². The largest absolute Gasteiger partial charge is 0.504 e.